The van der Waals surface area contributed by atoms with Gasteiger partial charge in [0.25, 0.3) is 0 Å². The molecular formula is C17H21FN2O4. The Kier molecular flexibility index (Phi) is 4.82. The zero-order valence-corrected chi connectivity index (χ0v) is 14.1. The minimum Gasteiger partial charge on any atom is -0.480 e. The Bertz CT molecular complexity index is 777. The Morgan fingerprint density at radius 1 is 1.42 bits per heavy atom. The minimum atomic E-state index is -1.23. The molecule has 1 amide bonds. The van der Waals surface area contributed by atoms with Gasteiger partial charge in [-0.1, -0.05) is 0 Å². The maximum absolute atomic E-state index is 14.0. The summed E-state index contributed by atoms with van der Waals surface area (Å²) < 4.78 is 19.1. The fourth-order valence-corrected chi connectivity index (χ4v) is 2.44. The van der Waals surface area contributed by atoms with Gasteiger partial charge in [-0.05, 0) is 51.0 Å². The quantitative estimate of drug-likeness (QED) is 0.800. The number of ether oxygens (including phenoxy) is 1. The minimum absolute atomic E-state index is 0.0667. The Balaban J connectivity index is 2.26. The van der Waals surface area contributed by atoms with Gasteiger partial charge in [-0.3, -0.25) is 0 Å². The number of benzene rings is 1. The molecule has 0 radical (unpaired) electrons. The maximum atomic E-state index is 14.0. The molecule has 3 N–H and O–H groups in total. The number of aliphatic carboxylic acids is 1. The van der Waals surface area contributed by atoms with Gasteiger partial charge in [-0.25, -0.2) is 14.0 Å². The summed E-state index contributed by atoms with van der Waals surface area (Å²) in [5.41, 5.74) is 0.880. The van der Waals surface area contributed by atoms with Crippen LogP contribution in [-0.4, -0.2) is 33.8 Å². The lowest BCUT2D eigenvalue weighted by Gasteiger charge is -2.22. The molecule has 1 aromatic carbocycles. The molecule has 0 aliphatic rings. The number of hydrogen-bond acceptors (Lipinski definition) is 3. The van der Waals surface area contributed by atoms with Gasteiger partial charge in [0.1, 0.15) is 17.5 Å². The van der Waals surface area contributed by atoms with Crippen LogP contribution in [0.25, 0.3) is 10.9 Å². The molecule has 6 nitrogen and oxygen atoms in total. The van der Waals surface area contributed by atoms with E-state index >= 15 is 0 Å². The molecule has 0 saturated carbocycles. The van der Waals surface area contributed by atoms with E-state index in [1.165, 1.54) is 6.07 Å². The number of H-pyrrole nitrogens is 1. The second-order valence-corrected chi connectivity index (χ2v) is 6.65. The molecule has 1 unspecified atom stereocenters. The monoisotopic (exact) mass is 336 g/mol. The summed E-state index contributed by atoms with van der Waals surface area (Å²) in [5.74, 6) is -1.64. The smallest absolute Gasteiger partial charge is 0.408 e. The van der Waals surface area contributed by atoms with Gasteiger partial charge >= 0.3 is 12.1 Å². The van der Waals surface area contributed by atoms with Crippen molar-refractivity contribution in [3.8, 4) is 0 Å². The number of alkyl carbamates (subject to hydrolysis) is 1. The van der Waals surface area contributed by atoms with Crippen LogP contribution in [0.2, 0.25) is 0 Å². The lowest BCUT2D eigenvalue weighted by Crippen LogP contribution is -2.44. The zero-order valence-electron chi connectivity index (χ0n) is 14.1. The van der Waals surface area contributed by atoms with E-state index in [1.54, 1.807) is 40.0 Å². The number of rotatable bonds is 4. The van der Waals surface area contributed by atoms with Crippen LogP contribution < -0.4 is 5.32 Å². The molecule has 2 aromatic rings. The summed E-state index contributed by atoms with van der Waals surface area (Å²) in [6.45, 7) is 6.70. The predicted molar refractivity (Wildman–Crippen MR) is 87.5 cm³/mol. The van der Waals surface area contributed by atoms with Gasteiger partial charge < -0.3 is 20.1 Å². The highest BCUT2D eigenvalue weighted by atomic mass is 19.1. The SMILES string of the molecule is Cc1c(F)cc(CC(NC(=O)OC(C)(C)C)C(=O)O)c2[nH]ccc12. The van der Waals surface area contributed by atoms with Crippen molar-refractivity contribution < 1.29 is 23.8 Å². The molecule has 0 aliphatic heterocycles. The molecule has 0 aliphatic carbocycles. The van der Waals surface area contributed by atoms with Crippen molar-refractivity contribution in [1.29, 1.82) is 0 Å². The standard InChI is InChI=1S/C17H21FN2O4/c1-9-11-5-6-19-14(11)10(7-12(9)18)8-13(15(21)22)20-16(23)24-17(2,3)4/h5-7,13,19H,8H2,1-4H3,(H,20,23)(H,21,22). The summed E-state index contributed by atoms with van der Waals surface area (Å²) >= 11 is 0. The van der Waals surface area contributed by atoms with Crippen molar-refractivity contribution in [3.05, 3.63) is 35.3 Å². The lowest BCUT2D eigenvalue weighted by molar-refractivity contribution is -0.139. The van der Waals surface area contributed by atoms with Gasteiger partial charge in [-0.2, -0.15) is 0 Å². The van der Waals surface area contributed by atoms with E-state index in [-0.39, 0.29) is 6.42 Å². The molecule has 0 fully saturated rings. The van der Waals surface area contributed by atoms with Crippen molar-refractivity contribution in [1.82, 2.24) is 10.3 Å². The molecule has 0 bridgehead atoms. The zero-order chi connectivity index (χ0) is 18.1. The van der Waals surface area contributed by atoms with Gasteiger partial charge in [-0.15, -0.1) is 0 Å². The van der Waals surface area contributed by atoms with E-state index in [4.69, 9.17) is 4.74 Å². The van der Waals surface area contributed by atoms with Gasteiger partial charge in [0.15, 0.2) is 0 Å². The van der Waals surface area contributed by atoms with E-state index in [0.717, 1.165) is 0 Å². The van der Waals surface area contributed by atoms with Crippen LogP contribution in [0.15, 0.2) is 18.3 Å². The fourth-order valence-electron chi connectivity index (χ4n) is 2.44. The molecular weight excluding hydrogens is 315 g/mol. The first-order chi connectivity index (χ1) is 11.1. The van der Waals surface area contributed by atoms with Crippen molar-refractivity contribution >= 4 is 23.0 Å². The van der Waals surface area contributed by atoms with Gasteiger partial charge in [0, 0.05) is 23.5 Å². The number of carboxylic acid groups (broad SMARTS) is 1. The van der Waals surface area contributed by atoms with Crippen LogP contribution in [0.3, 0.4) is 0 Å². The number of aryl methyl sites for hydroxylation is 1. The number of fused-ring (bicyclic) bond motifs is 1. The van der Waals surface area contributed by atoms with Crippen molar-refractivity contribution in [3.63, 3.8) is 0 Å². The summed E-state index contributed by atoms with van der Waals surface area (Å²) in [6, 6.07) is 1.79. The number of aromatic amines is 1. The van der Waals surface area contributed by atoms with Crippen LogP contribution in [0.4, 0.5) is 9.18 Å². The van der Waals surface area contributed by atoms with E-state index in [9.17, 15) is 19.1 Å². The molecule has 0 spiro atoms. The number of carbonyl (C=O) groups is 2. The Hall–Kier alpha value is -2.57. The Morgan fingerprint density at radius 2 is 2.08 bits per heavy atom. The number of hydrogen-bond donors (Lipinski definition) is 3. The number of nitrogens with one attached hydrogen (secondary N) is 2. The highest BCUT2D eigenvalue weighted by Gasteiger charge is 2.25. The van der Waals surface area contributed by atoms with E-state index in [2.05, 4.69) is 10.3 Å². The molecule has 0 saturated heterocycles. The average molecular weight is 336 g/mol. The summed E-state index contributed by atoms with van der Waals surface area (Å²) in [5, 5.41) is 12.4. The Labute approximate surface area is 139 Å². The van der Waals surface area contributed by atoms with Crippen LogP contribution >= 0.6 is 0 Å². The molecule has 2 rings (SSSR count). The fraction of sp³-hybridized carbons (Fsp3) is 0.412. The van der Waals surface area contributed by atoms with Crippen LogP contribution in [-0.2, 0) is 16.0 Å². The second kappa shape index (κ2) is 6.51. The normalized spacial score (nSPS) is 12.9. The molecule has 1 atom stereocenters. The van der Waals surface area contributed by atoms with Gasteiger partial charge in [0.2, 0.25) is 0 Å². The lowest BCUT2D eigenvalue weighted by atomic mass is 10.0. The highest BCUT2D eigenvalue weighted by molar-refractivity contribution is 5.87. The van der Waals surface area contributed by atoms with Crippen molar-refractivity contribution in [2.75, 3.05) is 0 Å². The van der Waals surface area contributed by atoms with E-state index < -0.39 is 29.5 Å². The average Bonchev–Trinajstić information content (AvgIpc) is 2.91. The summed E-state index contributed by atoms with van der Waals surface area (Å²) in [4.78, 5) is 26.3. The molecule has 1 heterocycles. The third-order valence-corrected chi connectivity index (χ3v) is 3.54. The van der Waals surface area contributed by atoms with Crippen LogP contribution in [0.1, 0.15) is 31.9 Å². The molecule has 130 valence electrons. The number of carboxylic acids is 1. The summed E-state index contributed by atoms with van der Waals surface area (Å²) in [7, 11) is 0. The van der Waals surface area contributed by atoms with Crippen LogP contribution in [0.5, 0.6) is 0 Å². The van der Waals surface area contributed by atoms with Gasteiger partial charge in [0.05, 0.1) is 0 Å². The second-order valence-electron chi connectivity index (χ2n) is 6.65. The number of amides is 1. The first-order valence-electron chi connectivity index (χ1n) is 7.56. The molecule has 1 aromatic heterocycles. The molecule has 7 heteroatoms. The first-order valence-corrected chi connectivity index (χ1v) is 7.56. The maximum Gasteiger partial charge on any atom is 0.408 e. The summed E-state index contributed by atoms with van der Waals surface area (Å²) in [6.07, 6.45) is 0.769. The van der Waals surface area contributed by atoms with E-state index in [1.807, 2.05) is 0 Å². The first kappa shape index (κ1) is 17.8. The number of aromatic nitrogens is 1. The van der Waals surface area contributed by atoms with Crippen molar-refractivity contribution in [2.24, 2.45) is 0 Å². The van der Waals surface area contributed by atoms with Crippen molar-refractivity contribution in [2.45, 2.75) is 45.8 Å². The van der Waals surface area contributed by atoms with Crippen LogP contribution in [0, 0.1) is 12.7 Å². The highest BCUT2D eigenvalue weighted by Crippen LogP contribution is 2.25. The molecule has 24 heavy (non-hydrogen) atoms. The third-order valence-electron chi connectivity index (χ3n) is 3.54. The Morgan fingerprint density at radius 3 is 2.67 bits per heavy atom. The third kappa shape index (κ3) is 4.04. The number of carbonyl (C=O) groups excluding carboxylic acids is 1. The predicted octanol–water partition coefficient (Wildman–Crippen LogP) is 3.14. The van der Waals surface area contributed by atoms with E-state index in [0.29, 0.717) is 22.0 Å². The number of halogens is 1. The largest absolute Gasteiger partial charge is 0.480 e. The topological polar surface area (TPSA) is 91.4 Å².